The molecule has 0 saturated heterocycles. The summed E-state index contributed by atoms with van der Waals surface area (Å²) in [5.74, 6) is 0. The molecular formula is C21H20N2. The van der Waals surface area contributed by atoms with E-state index in [1.54, 1.807) is 0 Å². The zero-order chi connectivity index (χ0) is 16.0. The van der Waals surface area contributed by atoms with Crippen molar-refractivity contribution in [2.24, 2.45) is 0 Å². The fourth-order valence-electron chi connectivity index (χ4n) is 3.35. The van der Waals surface area contributed by atoms with Gasteiger partial charge in [0.2, 0.25) is 0 Å². The molecule has 0 radical (unpaired) electrons. The van der Waals surface area contributed by atoms with Crippen LogP contribution >= 0.6 is 0 Å². The van der Waals surface area contributed by atoms with Gasteiger partial charge in [-0.1, -0.05) is 38.1 Å². The van der Waals surface area contributed by atoms with Crippen LogP contribution in [0, 0.1) is 6.92 Å². The lowest BCUT2D eigenvalue weighted by Gasteiger charge is -2.11. The molecule has 2 nitrogen and oxygen atoms in total. The third kappa shape index (κ3) is 2.17. The highest BCUT2D eigenvalue weighted by atomic mass is 14.8. The first-order valence-corrected chi connectivity index (χ1v) is 8.32. The number of aryl methyl sites for hydroxylation is 3. The molecule has 0 unspecified atom stereocenters. The van der Waals surface area contributed by atoms with Crippen LogP contribution in [-0.4, -0.2) is 9.97 Å². The van der Waals surface area contributed by atoms with E-state index < -0.39 is 0 Å². The summed E-state index contributed by atoms with van der Waals surface area (Å²) in [5, 5.41) is 4.97. The molecule has 4 aromatic rings. The minimum atomic E-state index is 0.965. The first-order valence-electron chi connectivity index (χ1n) is 8.32. The number of hydrogen-bond acceptors (Lipinski definition) is 2. The Labute approximate surface area is 136 Å². The minimum absolute atomic E-state index is 0.965. The minimum Gasteiger partial charge on any atom is -0.252 e. The van der Waals surface area contributed by atoms with E-state index >= 15 is 0 Å². The fourth-order valence-corrected chi connectivity index (χ4v) is 3.35. The molecule has 1 aromatic heterocycles. The summed E-state index contributed by atoms with van der Waals surface area (Å²) >= 11 is 0. The molecule has 0 aliphatic carbocycles. The molecule has 0 saturated carbocycles. The molecule has 0 atom stereocenters. The average Bonchev–Trinajstić information content (AvgIpc) is 2.60. The summed E-state index contributed by atoms with van der Waals surface area (Å²) in [4.78, 5) is 9.55. The van der Waals surface area contributed by atoms with Crippen molar-refractivity contribution < 1.29 is 0 Å². The van der Waals surface area contributed by atoms with Gasteiger partial charge in [-0.15, -0.1) is 0 Å². The number of nitrogens with zero attached hydrogens (tertiary/aromatic N) is 2. The standard InChI is InChI=1S/C21H20N2/c1-4-14-6-8-16-17-9-7-15(5-2)11-19(17)21-20(18(16)10-14)22-12-13(3)23-21/h6-12H,4-5H2,1-3H3. The van der Waals surface area contributed by atoms with Crippen LogP contribution in [0.3, 0.4) is 0 Å². The van der Waals surface area contributed by atoms with Crippen molar-refractivity contribution in [1.82, 2.24) is 9.97 Å². The van der Waals surface area contributed by atoms with Gasteiger partial charge in [-0.25, -0.2) is 4.98 Å². The van der Waals surface area contributed by atoms with Gasteiger partial charge in [0, 0.05) is 17.0 Å². The summed E-state index contributed by atoms with van der Waals surface area (Å²) in [6.07, 6.45) is 3.93. The molecule has 4 rings (SSSR count). The van der Waals surface area contributed by atoms with E-state index in [4.69, 9.17) is 9.97 Å². The van der Waals surface area contributed by atoms with Crippen molar-refractivity contribution in [1.29, 1.82) is 0 Å². The highest BCUT2D eigenvalue weighted by Crippen LogP contribution is 2.34. The lowest BCUT2D eigenvalue weighted by molar-refractivity contribution is 1.14. The maximum atomic E-state index is 4.82. The highest BCUT2D eigenvalue weighted by Gasteiger charge is 2.12. The lowest BCUT2D eigenvalue weighted by Crippen LogP contribution is -1.93. The number of benzene rings is 3. The van der Waals surface area contributed by atoms with Gasteiger partial charge in [0.15, 0.2) is 0 Å². The van der Waals surface area contributed by atoms with Crippen LogP contribution in [0.2, 0.25) is 0 Å². The second-order valence-corrected chi connectivity index (χ2v) is 6.18. The summed E-state index contributed by atoms with van der Waals surface area (Å²) < 4.78 is 0. The Hall–Kier alpha value is -2.48. The summed E-state index contributed by atoms with van der Waals surface area (Å²) in [7, 11) is 0. The van der Waals surface area contributed by atoms with Crippen LogP contribution in [0.25, 0.3) is 32.6 Å². The molecule has 0 spiro atoms. The van der Waals surface area contributed by atoms with E-state index in [1.807, 2.05) is 13.1 Å². The Balaban J connectivity index is 2.28. The van der Waals surface area contributed by atoms with Crippen molar-refractivity contribution in [3.63, 3.8) is 0 Å². The SMILES string of the molecule is CCc1ccc2c3ccc(CC)cc3c3nc(C)cnc3c2c1. The highest BCUT2D eigenvalue weighted by molar-refractivity contribution is 6.23. The van der Waals surface area contributed by atoms with Crippen molar-refractivity contribution in [3.05, 3.63) is 59.4 Å². The molecule has 3 aromatic carbocycles. The number of aromatic nitrogens is 2. The number of rotatable bonds is 2. The van der Waals surface area contributed by atoms with Gasteiger partial charge in [0.05, 0.1) is 16.7 Å². The second-order valence-electron chi connectivity index (χ2n) is 6.18. The predicted molar refractivity (Wildman–Crippen MR) is 98.0 cm³/mol. The maximum absolute atomic E-state index is 4.82. The Morgan fingerprint density at radius 3 is 1.87 bits per heavy atom. The molecule has 0 aliphatic heterocycles. The van der Waals surface area contributed by atoms with Crippen LogP contribution in [0.5, 0.6) is 0 Å². The number of fused-ring (bicyclic) bond motifs is 6. The lowest BCUT2D eigenvalue weighted by atomic mass is 9.95. The zero-order valence-corrected chi connectivity index (χ0v) is 13.9. The van der Waals surface area contributed by atoms with Crippen LogP contribution in [0.15, 0.2) is 42.6 Å². The first kappa shape index (κ1) is 14.1. The molecule has 0 fully saturated rings. The third-order valence-corrected chi connectivity index (χ3v) is 4.68. The van der Waals surface area contributed by atoms with Gasteiger partial charge in [-0.2, -0.15) is 0 Å². The molecule has 1 heterocycles. The average molecular weight is 300 g/mol. The first-order chi connectivity index (χ1) is 11.2. The van der Waals surface area contributed by atoms with Crippen LogP contribution in [0.1, 0.15) is 30.7 Å². The summed E-state index contributed by atoms with van der Waals surface area (Å²) in [6, 6.07) is 13.5. The van der Waals surface area contributed by atoms with Crippen LogP contribution in [0.4, 0.5) is 0 Å². The van der Waals surface area contributed by atoms with Gasteiger partial charge in [0.25, 0.3) is 0 Å². The summed E-state index contributed by atoms with van der Waals surface area (Å²) in [6.45, 7) is 6.39. The summed E-state index contributed by atoms with van der Waals surface area (Å²) in [5.41, 5.74) is 5.68. The van der Waals surface area contributed by atoms with Gasteiger partial charge in [-0.05, 0) is 53.8 Å². The van der Waals surface area contributed by atoms with E-state index in [0.717, 1.165) is 29.6 Å². The molecule has 114 valence electrons. The van der Waals surface area contributed by atoms with E-state index in [0.29, 0.717) is 0 Å². The van der Waals surface area contributed by atoms with Gasteiger partial charge < -0.3 is 0 Å². The fraction of sp³-hybridized carbons (Fsp3) is 0.238. The number of hydrogen-bond donors (Lipinski definition) is 0. The molecule has 23 heavy (non-hydrogen) atoms. The molecule has 0 N–H and O–H groups in total. The van der Waals surface area contributed by atoms with E-state index in [9.17, 15) is 0 Å². The van der Waals surface area contributed by atoms with Crippen molar-refractivity contribution in [2.75, 3.05) is 0 Å². The Morgan fingerprint density at radius 2 is 1.30 bits per heavy atom. The Morgan fingerprint density at radius 1 is 0.739 bits per heavy atom. The topological polar surface area (TPSA) is 25.8 Å². The van der Waals surface area contributed by atoms with Crippen molar-refractivity contribution in [3.8, 4) is 0 Å². The van der Waals surface area contributed by atoms with E-state index in [-0.39, 0.29) is 0 Å². The van der Waals surface area contributed by atoms with Crippen LogP contribution < -0.4 is 0 Å². The molecule has 0 aliphatic rings. The quantitative estimate of drug-likeness (QED) is 0.465. The Bertz CT molecular complexity index is 1050. The predicted octanol–water partition coefficient (Wildman–Crippen LogP) is 5.37. The second kappa shape index (κ2) is 5.31. The molecule has 0 amide bonds. The maximum Gasteiger partial charge on any atom is 0.0974 e. The van der Waals surface area contributed by atoms with Crippen molar-refractivity contribution in [2.45, 2.75) is 33.6 Å². The van der Waals surface area contributed by atoms with Gasteiger partial charge in [-0.3, -0.25) is 4.98 Å². The Kier molecular flexibility index (Phi) is 3.26. The monoisotopic (exact) mass is 300 g/mol. The molecule has 0 bridgehead atoms. The van der Waals surface area contributed by atoms with Gasteiger partial charge in [0.1, 0.15) is 0 Å². The van der Waals surface area contributed by atoms with Crippen LogP contribution in [-0.2, 0) is 12.8 Å². The molecular weight excluding hydrogens is 280 g/mol. The molecule has 2 heteroatoms. The van der Waals surface area contributed by atoms with E-state index in [1.165, 1.54) is 32.7 Å². The normalized spacial score (nSPS) is 11.6. The third-order valence-electron chi connectivity index (χ3n) is 4.68. The smallest absolute Gasteiger partial charge is 0.0974 e. The van der Waals surface area contributed by atoms with Crippen molar-refractivity contribution >= 4 is 32.6 Å². The zero-order valence-electron chi connectivity index (χ0n) is 13.9. The largest absolute Gasteiger partial charge is 0.252 e. The van der Waals surface area contributed by atoms with Gasteiger partial charge >= 0.3 is 0 Å². The van der Waals surface area contributed by atoms with E-state index in [2.05, 4.69) is 50.2 Å².